The van der Waals surface area contributed by atoms with E-state index in [1.54, 1.807) is 6.92 Å². The first-order valence-corrected chi connectivity index (χ1v) is 6.97. The van der Waals surface area contributed by atoms with Crippen LogP contribution in [0.25, 0.3) is 0 Å². The number of amides is 1. The largest absolute Gasteiger partial charge is 0.409 e. The predicted molar refractivity (Wildman–Crippen MR) is 77.4 cm³/mol. The van der Waals surface area contributed by atoms with Crippen LogP contribution in [0.4, 0.5) is 0 Å². The molecule has 0 aliphatic heterocycles. The lowest BCUT2D eigenvalue weighted by molar-refractivity contribution is -0.119. The van der Waals surface area contributed by atoms with Gasteiger partial charge in [-0.2, -0.15) is 0 Å². The summed E-state index contributed by atoms with van der Waals surface area (Å²) in [4.78, 5) is 12.9. The lowest BCUT2D eigenvalue weighted by atomic mass is 9.97. The first-order chi connectivity index (χ1) is 9.01. The molecule has 104 valence electrons. The van der Waals surface area contributed by atoms with Crippen LogP contribution < -0.4 is 11.1 Å². The third-order valence-corrected chi connectivity index (χ3v) is 3.92. The van der Waals surface area contributed by atoms with E-state index in [1.807, 2.05) is 37.3 Å². The highest BCUT2D eigenvalue weighted by Gasteiger charge is 2.29. The van der Waals surface area contributed by atoms with Crippen LogP contribution in [-0.4, -0.2) is 28.2 Å². The molecule has 0 bridgehead atoms. The molecule has 1 atom stereocenters. The minimum Gasteiger partial charge on any atom is -0.409 e. The second-order valence-corrected chi connectivity index (χ2v) is 5.37. The number of nitrogens with zero attached hydrogens (tertiary/aromatic N) is 1. The molecule has 0 aliphatic rings. The quantitative estimate of drug-likeness (QED) is 0.244. The van der Waals surface area contributed by atoms with E-state index in [2.05, 4.69) is 10.5 Å². The molecule has 0 saturated heterocycles. The first-order valence-electron chi connectivity index (χ1n) is 5.98. The summed E-state index contributed by atoms with van der Waals surface area (Å²) in [6.45, 7) is 3.59. The Morgan fingerprint density at radius 3 is 2.63 bits per heavy atom. The molecule has 1 unspecified atom stereocenters. The summed E-state index contributed by atoms with van der Waals surface area (Å²) in [7, 11) is 0. The Morgan fingerprint density at radius 2 is 2.11 bits per heavy atom. The number of thioether (sulfide) groups is 1. The van der Waals surface area contributed by atoms with Crippen molar-refractivity contribution >= 4 is 23.5 Å². The van der Waals surface area contributed by atoms with Crippen LogP contribution in [0.1, 0.15) is 20.3 Å². The molecule has 0 heterocycles. The average molecular weight is 281 g/mol. The van der Waals surface area contributed by atoms with Gasteiger partial charge in [0.1, 0.15) is 0 Å². The zero-order valence-corrected chi connectivity index (χ0v) is 11.9. The van der Waals surface area contributed by atoms with Gasteiger partial charge in [-0.25, -0.2) is 0 Å². The summed E-state index contributed by atoms with van der Waals surface area (Å²) >= 11 is 1.44. The van der Waals surface area contributed by atoms with Crippen molar-refractivity contribution in [2.24, 2.45) is 10.9 Å². The first kappa shape index (κ1) is 15.4. The van der Waals surface area contributed by atoms with Crippen LogP contribution in [0.3, 0.4) is 0 Å². The Bertz CT molecular complexity index is 450. The van der Waals surface area contributed by atoms with Crippen LogP contribution in [0, 0.1) is 0 Å². The molecule has 0 saturated carbocycles. The number of rotatable bonds is 6. The Labute approximate surface area is 117 Å². The van der Waals surface area contributed by atoms with Crippen molar-refractivity contribution in [3.05, 3.63) is 30.3 Å². The Morgan fingerprint density at radius 1 is 1.47 bits per heavy atom. The SMILES string of the molecule is CCC(C)(NC(=O)CSc1ccccc1)C(N)=NO. The summed E-state index contributed by atoms with van der Waals surface area (Å²) in [5.74, 6) is 0.149. The number of benzene rings is 1. The number of nitrogens with one attached hydrogen (secondary N) is 1. The zero-order chi connectivity index (χ0) is 14.3. The molecule has 0 aliphatic carbocycles. The summed E-state index contributed by atoms with van der Waals surface area (Å²) in [6, 6.07) is 9.66. The van der Waals surface area contributed by atoms with Crippen molar-refractivity contribution in [3.63, 3.8) is 0 Å². The summed E-state index contributed by atoms with van der Waals surface area (Å²) in [5.41, 5.74) is 4.78. The number of hydrogen-bond acceptors (Lipinski definition) is 4. The maximum Gasteiger partial charge on any atom is 0.231 e. The molecule has 0 aromatic heterocycles. The van der Waals surface area contributed by atoms with Crippen LogP contribution in [0.2, 0.25) is 0 Å². The number of amidine groups is 1. The summed E-state index contributed by atoms with van der Waals surface area (Å²) < 4.78 is 0. The predicted octanol–water partition coefficient (Wildman–Crippen LogP) is 1.81. The highest BCUT2D eigenvalue weighted by Crippen LogP contribution is 2.17. The highest BCUT2D eigenvalue weighted by atomic mass is 32.2. The lowest BCUT2D eigenvalue weighted by Gasteiger charge is -2.27. The molecule has 0 fully saturated rings. The van der Waals surface area contributed by atoms with Gasteiger partial charge in [-0.05, 0) is 25.5 Å². The van der Waals surface area contributed by atoms with Crippen molar-refractivity contribution in [1.29, 1.82) is 0 Å². The van der Waals surface area contributed by atoms with Gasteiger partial charge >= 0.3 is 0 Å². The topological polar surface area (TPSA) is 87.7 Å². The van der Waals surface area contributed by atoms with E-state index in [4.69, 9.17) is 10.9 Å². The Hall–Kier alpha value is -1.69. The maximum absolute atomic E-state index is 11.9. The summed E-state index contributed by atoms with van der Waals surface area (Å²) in [6.07, 6.45) is 0.546. The third-order valence-electron chi connectivity index (χ3n) is 2.91. The van der Waals surface area contributed by atoms with Gasteiger partial charge < -0.3 is 16.3 Å². The number of hydrogen-bond donors (Lipinski definition) is 3. The van der Waals surface area contributed by atoms with Crippen molar-refractivity contribution in [2.45, 2.75) is 30.7 Å². The van der Waals surface area contributed by atoms with Gasteiger partial charge in [-0.15, -0.1) is 11.8 Å². The fraction of sp³-hybridized carbons (Fsp3) is 0.385. The van der Waals surface area contributed by atoms with Crippen molar-refractivity contribution in [2.75, 3.05) is 5.75 Å². The standard InChI is InChI=1S/C13H19N3O2S/c1-3-13(2,12(14)16-18)15-11(17)9-19-10-7-5-4-6-8-10/h4-8,18H,3,9H2,1-2H3,(H2,14,16)(H,15,17). The number of nitrogens with two attached hydrogens (primary N) is 1. The molecule has 1 aromatic rings. The van der Waals surface area contributed by atoms with Crippen molar-refractivity contribution < 1.29 is 10.0 Å². The van der Waals surface area contributed by atoms with Crippen LogP contribution in [0.15, 0.2) is 40.4 Å². The van der Waals surface area contributed by atoms with E-state index in [0.29, 0.717) is 6.42 Å². The van der Waals surface area contributed by atoms with E-state index >= 15 is 0 Å². The van der Waals surface area contributed by atoms with Crippen molar-refractivity contribution in [1.82, 2.24) is 5.32 Å². The van der Waals surface area contributed by atoms with Crippen molar-refractivity contribution in [3.8, 4) is 0 Å². The van der Waals surface area contributed by atoms with E-state index in [9.17, 15) is 4.79 Å². The number of carbonyl (C=O) groups is 1. The fourth-order valence-corrected chi connectivity index (χ4v) is 2.17. The number of carbonyl (C=O) groups excluding carboxylic acids is 1. The zero-order valence-electron chi connectivity index (χ0n) is 11.1. The second kappa shape index (κ2) is 7.04. The minimum atomic E-state index is -0.816. The average Bonchev–Trinajstić information content (AvgIpc) is 2.45. The molecule has 4 N–H and O–H groups in total. The molecule has 1 aromatic carbocycles. The van der Waals surface area contributed by atoms with Gasteiger partial charge in [0.05, 0.1) is 11.3 Å². The smallest absolute Gasteiger partial charge is 0.231 e. The normalized spacial score (nSPS) is 14.7. The van der Waals surface area contributed by atoms with Gasteiger partial charge in [0.25, 0.3) is 0 Å². The van der Waals surface area contributed by atoms with Gasteiger partial charge in [-0.3, -0.25) is 4.79 Å². The molecule has 0 radical (unpaired) electrons. The molecule has 0 spiro atoms. The fourth-order valence-electron chi connectivity index (χ4n) is 1.45. The van der Waals surface area contributed by atoms with E-state index in [1.165, 1.54) is 11.8 Å². The lowest BCUT2D eigenvalue weighted by Crippen LogP contribution is -2.55. The molecule has 5 nitrogen and oxygen atoms in total. The Balaban J connectivity index is 2.55. The molecule has 19 heavy (non-hydrogen) atoms. The van der Waals surface area contributed by atoms with E-state index < -0.39 is 5.54 Å². The molecule has 1 rings (SSSR count). The maximum atomic E-state index is 11.9. The molecular weight excluding hydrogens is 262 g/mol. The minimum absolute atomic E-state index is 0.00746. The molecule has 1 amide bonds. The van der Waals surface area contributed by atoms with Crippen LogP contribution in [0.5, 0.6) is 0 Å². The van der Waals surface area contributed by atoms with E-state index in [0.717, 1.165) is 4.90 Å². The Kier molecular flexibility index (Phi) is 5.69. The van der Waals surface area contributed by atoms with Gasteiger partial charge in [0.2, 0.25) is 5.91 Å². The van der Waals surface area contributed by atoms with Crippen LogP contribution in [-0.2, 0) is 4.79 Å². The van der Waals surface area contributed by atoms with Gasteiger partial charge in [0.15, 0.2) is 5.84 Å². The monoisotopic (exact) mass is 281 g/mol. The molecular formula is C13H19N3O2S. The van der Waals surface area contributed by atoms with Gasteiger partial charge in [0, 0.05) is 4.90 Å². The summed E-state index contributed by atoms with van der Waals surface area (Å²) in [5, 5.41) is 14.5. The van der Waals surface area contributed by atoms with E-state index in [-0.39, 0.29) is 17.5 Å². The van der Waals surface area contributed by atoms with Gasteiger partial charge in [-0.1, -0.05) is 30.3 Å². The number of oxime groups is 1. The second-order valence-electron chi connectivity index (χ2n) is 4.32. The van der Waals surface area contributed by atoms with Crippen LogP contribution >= 0.6 is 11.8 Å². The third kappa shape index (κ3) is 4.48. The highest BCUT2D eigenvalue weighted by molar-refractivity contribution is 8.00. The molecule has 6 heteroatoms.